The number of nitrogens with two attached hydrogens (primary N) is 1. The van der Waals surface area contributed by atoms with Gasteiger partial charge in [0, 0.05) is 23.9 Å². The smallest absolute Gasteiger partial charge is 0.267 e. The summed E-state index contributed by atoms with van der Waals surface area (Å²) in [6.45, 7) is 2.61. The van der Waals surface area contributed by atoms with E-state index in [9.17, 15) is 9.59 Å². The second-order valence-corrected chi connectivity index (χ2v) is 6.98. The number of fused-ring (bicyclic) bond motifs is 1. The number of benzene rings is 2. The van der Waals surface area contributed by atoms with E-state index in [1.54, 1.807) is 12.1 Å². The highest BCUT2D eigenvalue weighted by Gasteiger charge is 2.09. The van der Waals surface area contributed by atoms with E-state index >= 15 is 0 Å². The Morgan fingerprint density at radius 3 is 2.68 bits per heavy atom. The molecule has 0 fully saturated rings. The molecule has 3 rings (SSSR count). The van der Waals surface area contributed by atoms with Crippen molar-refractivity contribution in [2.45, 2.75) is 32.6 Å². The molecule has 2 aromatic carbocycles. The number of aromatic nitrogens is 1. The first-order valence-electron chi connectivity index (χ1n) is 9.55. The van der Waals surface area contributed by atoms with Crippen LogP contribution in [0.5, 0.6) is 0 Å². The minimum atomic E-state index is -0.105. The van der Waals surface area contributed by atoms with E-state index in [0.717, 1.165) is 35.7 Å². The van der Waals surface area contributed by atoms with Crippen LogP contribution in [0.2, 0.25) is 0 Å². The predicted octanol–water partition coefficient (Wildman–Crippen LogP) is 3.99. The van der Waals surface area contributed by atoms with Gasteiger partial charge in [-0.05, 0) is 50.1 Å². The van der Waals surface area contributed by atoms with Gasteiger partial charge >= 0.3 is 0 Å². The van der Waals surface area contributed by atoms with Crippen molar-refractivity contribution in [1.82, 2.24) is 10.3 Å². The Balaban J connectivity index is 1.34. The molecule has 6 heteroatoms. The Kier molecular flexibility index (Phi) is 6.32. The number of hydrogen-bond acceptors (Lipinski definition) is 3. The van der Waals surface area contributed by atoms with E-state index in [-0.39, 0.29) is 11.8 Å². The molecule has 0 aliphatic carbocycles. The number of nitrogen functional groups attached to an aromatic ring is 1. The fourth-order valence-corrected chi connectivity index (χ4v) is 3.08. The fraction of sp³-hybridized carbons (Fsp3) is 0.273. The molecule has 0 spiro atoms. The van der Waals surface area contributed by atoms with Gasteiger partial charge in [0.1, 0.15) is 5.69 Å². The highest BCUT2D eigenvalue weighted by Crippen LogP contribution is 2.18. The molecular formula is C22H26N4O2. The van der Waals surface area contributed by atoms with Crippen LogP contribution >= 0.6 is 0 Å². The average Bonchev–Trinajstić information content (AvgIpc) is 3.09. The first kappa shape index (κ1) is 19.5. The van der Waals surface area contributed by atoms with Crippen molar-refractivity contribution in [3.05, 3.63) is 59.8 Å². The van der Waals surface area contributed by atoms with Gasteiger partial charge in [-0.25, -0.2) is 0 Å². The Hall–Kier alpha value is -3.28. The third-order valence-electron chi connectivity index (χ3n) is 4.62. The SMILES string of the molecule is Cc1ccc2[nH]c(C(=O)NCCCCCC(=O)Nc3ccccc3N)cc2c1. The maximum atomic E-state index is 12.3. The summed E-state index contributed by atoms with van der Waals surface area (Å²) >= 11 is 0. The Labute approximate surface area is 164 Å². The van der Waals surface area contributed by atoms with Gasteiger partial charge in [-0.3, -0.25) is 9.59 Å². The lowest BCUT2D eigenvalue weighted by atomic mass is 10.1. The normalized spacial score (nSPS) is 10.8. The van der Waals surface area contributed by atoms with Crippen LogP contribution in [0.15, 0.2) is 48.5 Å². The van der Waals surface area contributed by atoms with Gasteiger partial charge in [-0.15, -0.1) is 0 Å². The van der Waals surface area contributed by atoms with Crippen LogP contribution in [0, 0.1) is 6.92 Å². The molecule has 28 heavy (non-hydrogen) atoms. The molecule has 1 heterocycles. The van der Waals surface area contributed by atoms with Crippen LogP contribution in [0.4, 0.5) is 11.4 Å². The van der Waals surface area contributed by atoms with Crippen LogP contribution in [0.1, 0.15) is 41.7 Å². The molecule has 3 aromatic rings. The molecule has 0 radical (unpaired) electrons. The number of hydrogen-bond donors (Lipinski definition) is 4. The van der Waals surface area contributed by atoms with Gasteiger partial charge in [-0.2, -0.15) is 0 Å². The Morgan fingerprint density at radius 2 is 1.86 bits per heavy atom. The summed E-state index contributed by atoms with van der Waals surface area (Å²) in [4.78, 5) is 27.4. The summed E-state index contributed by atoms with van der Waals surface area (Å²) in [6.07, 6.45) is 2.89. The largest absolute Gasteiger partial charge is 0.397 e. The Bertz CT molecular complexity index is 978. The maximum absolute atomic E-state index is 12.3. The van der Waals surface area contributed by atoms with Crippen molar-refractivity contribution in [3.63, 3.8) is 0 Å². The molecule has 2 amide bonds. The van der Waals surface area contributed by atoms with E-state index in [1.807, 2.05) is 37.3 Å². The van der Waals surface area contributed by atoms with E-state index in [2.05, 4.69) is 21.7 Å². The van der Waals surface area contributed by atoms with Gasteiger partial charge < -0.3 is 21.4 Å². The molecule has 0 bridgehead atoms. The fourth-order valence-electron chi connectivity index (χ4n) is 3.08. The zero-order chi connectivity index (χ0) is 19.9. The first-order chi connectivity index (χ1) is 13.5. The molecule has 6 nitrogen and oxygen atoms in total. The van der Waals surface area contributed by atoms with Crippen LogP contribution in [-0.4, -0.2) is 23.3 Å². The number of carbonyl (C=O) groups is 2. The predicted molar refractivity (Wildman–Crippen MR) is 113 cm³/mol. The number of para-hydroxylation sites is 2. The van der Waals surface area contributed by atoms with Crippen LogP contribution in [0.3, 0.4) is 0 Å². The molecule has 0 unspecified atom stereocenters. The van der Waals surface area contributed by atoms with E-state index < -0.39 is 0 Å². The summed E-state index contributed by atoms with van der Waals surface area (Å²) in [6, 6.07) is 15.1. The van der Waals surface area contributed by atoms with Crippen LogP contribution in [0.25, 0.3) is 10.9 Å². The zero-order valence-corrected chi connectivity index (χ0v) is 16.0. The number of carbonyl (C=O) groups excluding carboxylic acids is 2. The van der Waals surface area contributed by atoms with Gasteiger partial charge in [0.05, 0.1) is 11.4 Å². The number of anilines is 2. The van der Waals surface area contributed by atoms with Crippen molar-refractivity contribution in [1.29, 1.82) is 0 Å². The topological polar surface area (TPSA) is 100 Å². The van der Waals surface area contributed by atoms with Crippen molar-refractivity contribution in [3.8, 4) is 0 Å². The third-order valence-corrected chi connectivity index (χ3v) is 4.62. The second-order valence-electron chi connectivity index (χ2n) is 6.98. The lowest BCUT2D eigenvalue weighted by Gasteiger charge is -2.08. The summed E-state index contributed by atoms with van der Waals surface area (Å²) < 4.78 is 0. The highest BCUT2D eigenvalue weighted by atomic mass is 16.2. The molecule has 0 atom stereocenters. The molecule has 0 aliphatic heterocycles. The molecular weight excluding hydrogens is 352 g/mol. The van der Waals surface area contributed by atoms with E-state index in [0.29, 0.717) is 30.0 Å². The number of amides is 2. The monoisotopic (exact) mass is 378 g/mol. The second kappa shape index (κ2) is 9.08. The minimum Gasteiger partial charge on any atom is -0.397 e. The Morgan fingerprint density at radius 1 is 1.04 bits per heavy atom. The van der Waals surface area contributed by atoms with Gasteiger partial charge in [0.25, 0.3) is 5.91 Å². The van der Waals surface area contributed by atoms with E-state index in [4.69, 9.17) is 5.73 Å². The summed E-state index contributed by atoms with van der Waals surface area (Å²) in [5.41, 5.74) is 9.71. The summed E-state index contributed by atoms with van der Waals surface area (Å²) in [5.74, 6) is -0.151. The molecule has 1 aromatic heterocycles. The number of H-pyrrole nitrogens is 1. The maximum Gasteiger partial charge on any atom is 0.267 e. The number of rotatable bonds is 8. The van der Waals surface area contributed by atoms with E-state index in [1.165, 1.54) is 0 Å². The number of unbranched alkanes of at least 4 members (excludes halogenated alkanes) is 2. The molecule has 146 valence electrons. The quantitative estimate of drug-likeness (QED) is 0.352. The standard InChI is InChI=1S/C22H26N4O2/c1-15-10-11-18-16(13-15)14-20(25-18)22(28)24-12-6-2-3-9-21(27)26-19-8-5-4-7-17(19)23/h4-5,7-8,10-11,13-14,25H,2-3,6,9,12,23H2,1H3,(H,24,28)(H,26,27). The van der Waals surface area contributed by atoms with Crippen molar-refractivity contribution in [2.75, 3.05) is 17.6 Å². The number of aryl methyl sites for hydroxylation is 1. The average molecular weight is 378 g/mol. The molecule has 0 aliphatic rings. The van der Waals surface area contributed by atoms with Gasteiger partial charge in [0.15, 0.2) is 0 Å². The molecule has 0 saturated heterocycles. The van der Waals surface area contributed by atoms with Crippen molar-refractivity contribution >= 4 is 34.1 Å². The third kappa shape index (κ3) is 5.13. The lowest BCUT2D eigenvalue weighted by molar-refractivity contribution is -0.116. The summed E-state index contributed by atoms with van der Waals surface area (Å²) in [5, 5.41) is 6.78. The summed E-state index contributed by atoms with van der Waals surface area (Å²) in [7, 11) is 0. The van der Waals surface area contributed by atoms with Crippen LogP contribution in [-0.2, 0) is 4.79 Å². The van der Waals surface area contributed by atoms with Crippen LogP contribution < -0.4 is 16.4 Å². The van der Waals surface area contributed by atoms with Crippen molar-refractivity contribution < 1.29 is 9.59 Å². The first-order valence-corrected chi connectivity index (χ1v) is 9.55. The zero-order valence-electron chi connectivity index (χ0n) is 16.0. The minimum absolute atomic E-state index is 0.0460. The highest BCUT2D eigenvalue weighted by molar-refractivity contribution is 5.98. The molecule has 5 N–H and O–H groups in total. The number of aromatic amines is 1. The number of nitrogens with one attached hydrogen (secondary N) is 3. The van der Waals surface area contributed by atoms with Crippen molar-refractivity contribution in [2.24, 2.45) is 0 Å². The van der Waals surface area contributed by atoms with Gasteiger partial charge in [-0.1, -0.05) is 30.2 Å². The van der Waals surface area contributed by atoms with Gasteiger partial charge in [0.2, 0.25) is 5.91 Å². The lowest BCUT2D eigenvalue weighted by Crippen LogP contribution is -2.24. The molecule has 0 saturated carbocycles.